The highest BCUT2D eigenvalue weighted by atomic mass is 35.5. The SMILES string of the molecule is O=C(/C=C/c1ccccc1OC(F)F)NCc1cccc(Cl)c1. The average molecular weight is 338 g/mol. The number of rotatable bonds is 6. The average Bonchev–Trinajstić information content (AvgIpc) is 2.51. The van der Waals surface area contributed by atoms with Crippen molar-refractivity contribution in [1.82, 2.24) is 5.32 Å². The molecule has 0 spiro atoms. The predicted octanol–water partition coefficient (Wildman–Crippen LogP) is 4.27. The zero-order valence-corrected chi connectivity index (χ0v) is 12.8. The van der Waals surface area contributed by atoms with Gasteiger partial charge >= 0.3 is 6.61 Å². The molecule has 0 fully saturated rings. The second-order valence-electron chi connectivity index (χ2n) is 4.60. The first-order chi connectivity index (χ1) is 11.0. The molecule has 120 valence electrons. The van der Waals surface area contributed by atoms with Gasteiger partial charge in [-0.25, -0.2) is 0 Å². The van der Waals surface area contributed by atoms with Gasteiger partial charge in [0.15, 0.2) is 0 Å². The maximum atomic E-state index is 12.3. The van der Waals surface area contributed by atoms with Gasteiger partial charge in [0.05, 0.1) is 0 Å². The molecule has 3 nitrogen and oxygen atoms in total. The van der Waals surface area contributed by atoms with Crippen LogP contribution in [0.4, 0.5) is 8.78 Å². The number of amides is 1. The number of hydrogen-bond donors (Lipinski definition) is 1. The van der Waals surface area contributed by atoms with Gasteiger partial charge in [0, 0.05) is 23.2 Å². The first-order valence-corrected chi connectivity index (χ1v) is 7.16. The van der Waals surface area contributed by atoms with Crippen LogP contribution in [0.15, 0.2) is 54.6 Å². The molecule has 2 aromatic rings. The van der Waals surface area contributed by atoms with Crippen molar-refractivity contribution in [3.05, 3.63) is 70.8 Å². The highest BCUT2D eigenvalue weighted by Gasteiger charge is 2.07. The van der Waals surface area contributed by atoms with E-state index in [1.54, 1.807) is 36.4 Å². The molecule has 0 bridgehead atoms. The Morgan fingerprint density at radius 3 is 2.74 bits per heavy atom. The van der Waals surface area contributed by atoms with Crippen LogP contribution in [-0.4, -0.2) is 12.5 Å². The van der Waals surface area contributed by atoms with Crippen molar-refractivity contribution in [1.29, 1.82) is 0 Å². The summed E-state index contributed by atoms with van der Waals surface area (Å²) >= 11 is 5.86. The van der Waals surface area contributed by atoms with E-state index in [4.69, 9.17) is 11.6 Å². The molecule has 1 N–H and O–H groups in total. The van der Waals surface area contributed by atoms with Crippen molar-refractivity contribution >= 4 is 23.6 Å². The molecular formula is C17H14ClF2NO2. The number of carbonyl (C=O) groups excluding carboxylic acids is 1. The van der Waals surface area contributed by atoms with E-state index >= 15 is 0 Å². The lowest BCUT2D eigenvalue weighted by atomic mass is 10.2. The third-order valence-corrected chi connectivity index (χ3v) is 3.14. The quantitative estimate of drug-likeness (QED) is 0.799. The van der Waals surface area contributed by atoms with Crippen molar-refractivity contribution < 1.29 is 18.3 Å². The lowest BCUT2D eigenvalue weighted by Crippen LogP contribution is -2.20. The third-order valence-electron chi connectivity index (χ3n) is 2.91. The van der Waals surface area contributed by atoms with Gasteiger partial charge in [-0.1, -0.05) is 41.9 Å². The number of ether oxygens (including phenoxy) is 1. The molecule has 0 aliphatic rings. The number of para-hydroxylation sites is 1. The maximum absolute atomic E-state index is 12.3. The highest BCUT2D eigenvalue weighted by Crippen LogP contribution is 2.21. The number of nitrogens with one attached hydrogen (secondary N) is 1. The first kappa shape index (κ1) is 17.0. The molecular weight excluding hydrogens is 324 g/mol. The van der Waals surface area contributed by atoms with E-state index in [0.717, 1.165) is 5.56 Å². The molecule has 0 aromatic heterocycles. The summed E-state index contributed by atoms with van der Waals surface area (Å²) < 4.78 is 29.0. The highest BCUT2D eigenvalue weighted by molar-refractivity contribution is 6.30. The summed E-state index contributed by atoms with van der Waals surface area (Å²) in [6, 6.07) is 13.4. The van der Waals surface area contributed by atoms with E-state index in [0.29, 0.717) is 17.1 Å². The molecule has 0 aliphatic heterocycles. The van der Waals surface area contributed by atoms with Crippen LogP contribution in [0.25, 0.3) is 6.08 Å². The summed E-state index contributed by atoms with van der Waals surface area (Å²) in [5, 5.41) is 3.27. The second-order valence-corrected chi connectivity index (χ2v) is 5.03. The van der Waals surface area contributed by atoms with Crippen LogP contribution in [0.1, 0.15) is 11.1 Å². The molecule has 0 unspecified atom stereocenters. The van der Waals surface area contributed by atoms with E-state index in [2.05, 4.69) is 10.1 Å². The maximum Gasteiger partial charge on any atom is 0.387 e. The van der Waals surface area contributed by atoms with Gasteiger partial charge in [-0.2, -0.15) is 8.78 Å². The molecule has 2 rings (SSSR count). The Labute approximate surface area is 137 Å². The molecule has 23 heavy (non-hydrogen) atoms. The van der Waals surface area contributed by atoms with Gasteiger partial charge in [-0.15, -0.1) is 0 Å². The molecule has 1 amide bonds. The third kappa shape index (κ3) is 5.71. The monoisotopic (exact) mass is 337 g/mol. The number of halogens is 3. The largest absolute Gasteiger partial charge is 0.434 e. The standard InChI is InChI=1S/C17H14ClF2NO2/c18-14-6-3-4-12(10-14)11-21-16(22)9-8-13-5-1-2-7-15(13)23-17(19)20/h1-10,17H,11H2,(H,21,22)/b9-8+. The molecule has 0 aliphatic carbocycles. The summed E-state index contributed by atoms with van der Waals surface area (Å²) in [4.78, 5) is 11.8. The van der Waals surface area contributed by atoms with Crippen LogP contribution >= 0.6 is 11.6 Å². The number of alkyl halides is 2. The summed E-state index contributed by atoms with van der Waals surface area (Å²) in [5.41, 5.74) is 1.26. The second kappa shape index (κ2) is 8.29. The Morgan fingerprint density at radius 2 is 2.00 bits per heavy atom. The Kier molecular flexibility index (Phi) is 6.11. The lowest BCUT2D eigenvalue weighted by Gasteiger charge is -2.07. The minimum Gasteiger partial charge on any atom is -0.434 e. The molecule has 6 heteroatoms. The fraction of sp³-hybridized carbons (Fsp3) is 0.118. The summed E-state index contributed by atoms with van der Waals surface area (Å²) in [7, 11) is 0. The summed E-state index contributed by atoms with van der Waals surface area (Å²) in [6.45, 7) is -2.60. The smallest absolute Gasteiger partial charge is 0.387 e. The topological polar surface area (TPSA) is 38.3 Å². The van der Waals surface area contributed by atoms with Crippen LogP contribution in [0.3, 0.4) is 0 Å². The Hall–Kier alpha value is -2.40. The van der Waals surface area contributed by atoms with Crippen molar-refractivity contribution in [3.63, 3.8) is 0 Å². The van der Waals surface area contributed by atoms with Crippen molar-refractivity contribution in [3.8, 4) is 5.75 Å². The van der Waals surface area contributed by atoms with Gasteiger partial charge in [0.25, 0.3) is 0 Å². The van der Waals surface area contributed by atoms with E-state index in [1.165, 1.54) is 18.2 Å². The zero-order chi connectivity index (χ0) is 16.7. The molecule has 0 saturated carbocycles. The fourth-order valence-corrected chi connectivity index (χ4v) is 2.09. The minimum atomic E-state index is -2.92. The van der Waals surface area contributed by atoms with Crippen molar-refractivity contribution in [2.75, 3.05) is 0 Å². The van der Waals surface area contributed by atoms with Crippen LogP contribution in [-0.2, 0) is 11.3 Å². The molecule has 0 radical (unpaired) electrons. The Balaban J connectivity index is 1.96. The van der Waals surface area contributed by atoms with Gasteiger partial charge in [-0.05, 0) is 29.8 Å². The first-order valence-electron chi connectivity index (χ1n) is 6.79. The normalized spacial score (nSPS) is 11.0. The van der Waals surface area contributed by atoms with E-state index in [-0.39, 0.29) is 11.7 Å². The predicted molar refractivity (Wildman–Crippen MR) is 85.4 cm³/mol. The Morgan fingerprint density at radius 1 is 1.22 bits per heavy atom. The van der Waals surface area contributed by atoms with Gasteiger partial charge in [0.2, 0.25) is 5.91 Å². The Bertz CT molecular complexity index is 704. The number of hydrogen-bond acceptors (Lipinski definition) is 2. The zero-order valence-electron chi connectivity index (χ0n) is 12.0. The summed E-state index contributed by atoms with van der Waals surface area (Å²) in [5.74, 6) is -0.335. The van der Waals surface area contributed by atoms with Gasteiger partial charge in [-0.3, -0.25) is 4.79 Å². The van der Waals surface area contributed by atoms with Crippen molar-refractivity contribution in [2.24, 2.45) is 0 Å². The lowest BCUT2D eigenvalue weighted by molar-refractivity contribution is -0.116. The number of benzene rings is 2. The molecule has 2 aromatic carbocycles. The summed E-state index contributed by atoms with van der Waals surface area (Å²) in [6.07, 6.45) is 2.68. The number of carbonyl (C=O) groups is 1. The van der Waals surface area contributed by atoms with Crippen LogP contribution in [0.2, 0.25) is 5.02 Å². The minimum absolute atomic E-state index is 0.0152. The molecule has 0 saturated heterocycles. The molecule has 0 atom stereocenters. The van der Waals surface area contributed by atoms with Gasteiger partial charge < -0.3 is 10.1 Å². The van der Waals surface area contributed by atoms with E-state index in [1.807, 2.05) is 6.07 Å². The fourth-order valence-electron chi connectivity index (χ4n) is 1.88. The van der Waals surface area contributed by atoms with E-state index < -0.39 is 6.61 Å². The van der Waals surface area contributed by atoms with Crippen LogP contribution in [0.5, 0.6) is 5.75 Å². The van der Waals surface area contributed by atoms with Gasteiger partial charge in [0.1, 0.15) is 5.75 Å². The molecule has 0 heterocycles. The van der Waals surface area contributed by atoms with Crippen LogP contribution < -0.4 is 10.1 Å². The van der Waals surface area contributed by atoms with E-state index in [9.17, 15) is 13.6 Å². The van der Waals surface area contributed by atoms with Crippen LogP contribution in [0, 0.1) is 0 Å². The van der Waals surface area contributed by atoms with Crippen molar-refractivity contribution in [2.45, 2.75) is 13.2 Å².